The molecule has 0 spiro atoms. The van der Waals surface area contributed by atoms with Gasteiger partial charge >= 0.3 is 11.9 Å². The Hall–Kier alpha value is -2.10. The molecule has 0 radical (unpaired) electrons. The topological polar surface area (TPSA) is 82.1 Å². The Balaban J connectivity index is 2.17. The third kappa shape index (κ3) is 3.38. The van der Waals surface area contributed by atoms with Gasteiger partial charge in [0.2, 0.25) is 0 Å². The van der Waals surface area contributed by atoms with Gasteiger partial charge in [-0.3, -0.25) is 13.9 Å². The Morgan fingerprint density at radius 1 is 1.29 bits per heavy atom. The van der Waals surface area contributed by atoms with E-state index in [0.717, 1.165) is 4.57 Å². The first-order valence-electron chi connectivity index (χ1n) is 9.36. The summed E-state index contributed by atoms with van der Waals surface area (Å²) in [7, 11) is 1.40. The van der Waals surface area contributed by atoms with E-state index < -0.39 is 35.5 Å². The zero-order valence-corrected chi connectivity index (χ0v) is 16.2. The molecule has 156 valence electrons. The summed E-state index contributed by atoms with van der Waals surface area (Å²) in [6, 6.07) is 0. The summed E-state index contributed by atoms with van der Waals surface area (Å²) < 4.78 is 45.3. The zero-order chi connectivity index (χ0) is 20.9. The lowest BCUT2D eigenvalue weighted by atomic mass is 9.72. The van der Waals surface area contributed by atoms with E-state index in [4.69, 9.17) is 0 Å². The number of aliphatic hydroxyl groups is 1. The normalized spacial score (nSPS) is 23.6. The lowest BCUT2D eigenvalue weighted by Gasteiger charge is -2.40. The SMILES string of the molecule is CC(C)Cn1cnc2c1c(=O)n(CC1(C(F)(F)F)CCC(O)CC1)c(=O)n2C. The summed E-state index contributed by atoms with van der Waals surface area (Å²) in [5.74, 6) is 0.184. The van der Waals surface area contributed by atoms with Crippen molar-refractivity contribution in [2.24, 2.45) is 18.4 Å². The number of hydrogen-bond acceptors (Lipinski definition) is 4. The standard InChI is InChI=1S/C18H25F3N4O3/c1-11(2)8-24-10-22-14-13(24)15(27)25(16(28)23(14)3)9-17(18(19,20)21)6-4-12(26)5-7-17/h10-12,26H,4-9H2,1-3H3. The van der Waals surface area contributed by atoms with Crippen molar-refractivity contribution in [2.45, 2.75) is 64.9 Å². The van der Waals surface area contributed by atoms with Crippen LogP contribution in [0.1, 0.15) is 39.5 Å². The van der Waals surface area contributed by atoms with Gasteiger partial charge in [0, 0.05) is 20.1 Å². The summed E-state index contributed by atoms with van der Waals surface area (Å²) in [5.41, 5.74) is -3.50. The Morgan fingerprint density at radius 2 is 1.89 bits per heavy atom. The Kier molecular flexibility index (Phi) is 5.20. The van der Waals surface area contributed by atoms with Gasteiger partial charge < -0.3 is 9.67 Å². The van der Waals surface area contributed by atoms with Crippen molar-refractivity contribution in [1.29, 1.82) is 0 Å². The second-order valence-corrected chi connectivity index (χ2v) is 8.21. The monoisotopic (exact) mass is 402 g/mol. The average molecular weight is 402 g/mol. The number of fused-ring (bicyclic) bond motifs is 1. The molecule has 1 fully saturated rings. The molecule has 28 heavy (non-hydrogen) atoms. The molecule has 10 heteroatoms. The van der Waals surface area contributed by atoms with Crippen LogP contribution < -0.4 is 11.2 Å². The summed E-state index contributed by atoms with van der Waals surface area (Å²) in [6.45, 7) is 3.59. The molecule has 2 heterocycles. The van der Waals surface area contributed by atoms with Gasteiger partial charge in [0.05, 0.1) is 17.8 Å². The van der Waals surface area contributed by atoms with Crippen LogP contribution in [0.2, 0.25) is 0 Å². The van der Waals surface area contributed by atoms with E-state index in [2.05, 4.69) is 4.98 Å². The van der Waals surface area contributed by atoms with E-state index in [9.17, 15) is 27.9 Å². The fraction of sp³-hybridized carbons (Fsp3) is 0.722. The van der Waals surface area contributed by atoms with Gasteiger partial charge in [-0.25, -0.2) is 9.78 Å². The summed E-state index contributed by atoms with van der Waals surface area (Å²) in [4.78, 5) is 29.9. The molecule has 2 aromatic heterocycles. The molecule has 1 saturated carbocycles. The first kappa shape index (κ1) is 20.6. The van der Waals surface area contributed by atoms with Crippen molar-refractivity contribution in [3.05, 3.63) is 27.2 Å². The fourth-order valence-electron chi connectivity index (χ4n) is 3.98. The van der Waals surface area contributed by atoms with Crippen LogP contribution >= 0.6 is 0 Å². The molecule has 2 aromatic rings. The number of rotatable bonds is 4. The highest BCUT2D eigenvalue weighted by molar-refractivity contribution is 5.69. The van der Waals surface area contributed by atoms with Crippen molar-refractivity contribution in [3.63, 3.8) is 0 Å². The molecule has 0 aliphatic heterocycles. The second-order valence-electron chi connectivity index (χ2n) is 8.21. The van der Waals surface area contributed by atoms with Gasteiger partial charge in [-0.2, -0.15) is 13.2 Å². The van der Waals surface area contributed by atoms with E-state index in [1.165, 1.54) is 13.4 Å². The summed E-state index contributed by atoms with van der Waals surface area (Å²) in [5, 5.41) is 9.65. The molecule has 0 bridgehead atoms. The van der Waals surface area contributed by atoms with Gasteiger partial charge in [0.15, 0.2) is 11.2 Å². The number of nitrogens with zero attached hydrogens (tertiary/aromatic N) is 4. The third-order valence-electron chi connectivity index (χ3n) is 5.64. The van der Waals surface area contributed by atoms with Gasteiger partial charge in [0.1, 0.15) is 0 Å². The van der Waals surface area contributed by atoms with Gasteiger partial charge in [0.25, 0.3) is 5.56 Å². The molecular weight excluding hydrogens is 377 g/mol. The predicted molar refractivity (Wildman–Crippen MR) is 97.0 cm³/mol. The largest absolute Gasteiger partial charge is 0.396 e. The minimum Gasteiger partial charge on any atom is -0.393 e. The first-order valence-corrected chi connectivity index (χ1v) is 9.36. The lowest BCUT2D eigenvalue weighted by molar-refractivity contribution is -0.244. The Labute approximate surface area is 159 Å². The summed E-state index contributed by atoms with van der Waals surface area (Å²) in [6.07, 6.45) is -4.61. The number of aliphatic hydroxyl groups excluding tert-OH is 1. The maximum absolute atomic E-state index is 14.0. The van der Waals surface area contributed by atoms with Crippen LogP contribution in [-0.4, -0.2) is 36.1 Å². The fourth-order valence-corrected chi connectivity index (χ4v) is 3.98. The Bertz CT molecular complexity index is 979. The molecular formula is C18H25F3N4O3. The van der Waals surface area contributed by atoms with Crippen molar-refractivity contribution >= 4 is 11.2 Å². The molecule has 1 aliphatic carbocycles. The molecule has 1 aliphatic rings. The van der Waals surface area contributed by atoms with Gasteiger partial charge in [-0.05, 0) is 31.6 Å². The lowest BCUT2D eigenvalue weighted by Crippen LogP contribution is -2.51. The third-order valence-corrected chi connectivity index (χ3v) is 5.64. The van der Waals surface area contributed by atoms with E-state index >= 15 is 0 Å². The average Bonchev–Trinajstić information content (AvgIpc) is 3.00. The maximum atomic E-state index is 14.0. The molecule has 3 rings (SSSR count). The minimum absolute atomic E-state index is 0.0118. The number of imidazole rings is 1. The number of aryl methyl sites for hydroxylation is 1. The highest BCUT2D eigenvalue weighted by Crippen LogP contribution is 2.49. The molecule has 0 amide bonds. The Morgan fingerprint density at radius 3 is 2.43 bits per heavy atom. The van der Waals surface area contributed by atoms with Crippen LogP contribution in [0.15, 0.2) is 15.9 Å². The molecule has 0 aromatic carbocycles. The molecule has 0 saturated heterocycles. The molecule has 0 unspecified atom stereocenters. The van der Waals surface area contributed by atoms with Crippen molar-refractivity contribution in [2.75, 3.05) is 0 Å². The van der Waals surface area contributed by atoms with E-state index in [1.807, 2.05) is 13.8 Å². The smallest absolute Gasteiger partial charge is 0.393 e. The highest BCUT2D eigenvalue weighted by atomic mass is 19.4. The maximum Gasteiger partial charge on any atom is 0.396 e. The van der Waals surface area contributed by atoms with Crippen LogP contribution in [0.5, 0.6) is 0 Å². The number of hydrogen-bond donors (Lipinski definition) is 1. The van der Waals surface area contributed by atoms with E-state index in [1.54, 1.807) is 4.57 Å². The number of alkyl halides is 3. The quantitative estimate of drug-likeness (QED) is 0.849. The van der Waals surface area contributed by atoms with Crippen LogP contribution in [-0.2, 0) is 20.1 Å². The van der Waals surface area contributed by atoms with Gasteiger partial charge in [-0.15, -0.1) is 0 Å². The van der Waals surface area contributed by atoms with Gasteiger partial charge in [-0.1, -0.05) is 13.8 Å². The van der Waals surface area contributed by atoms with Crippen molar-refractivity contribution in [1.82, 2.24) is 18.7 Å². The highest BCUT2D eigenvalue weighted by Gasteiger charge is 2.56. The van der Waals surface area contributed by atoms with Crippen molar-refractivity contribution in [3.8, 4) is 0 Å². The van der Waals surface area contributed by atoms with Crippen molar-refractivity contribution < 1.29 is 18.3 Å². The molecule has 7 nitrogen and oxygen atoms in total. The van der Waals surface area contributed by atoms with Crippen LogP contribution in [0, 0.1) is 11.3 Å². The molecule has 0 atom stereocenters. The van der Waals surface area contributed by atoms with Crippen LogP contribution in [0.4, 0.5) is 13.2 Å². The van der Waals surface area contributed by atoms with Crippen LogP contribution in [0.3, 0.4) is 0 Å². The van der Waals surface area contributed by atoms with Crippen LogP contribution in [0.25, 0.3) is 11.2 Å². The minimum atomic E-state index is -4.59. The summed E-state index contributed by atoms with van der Waals surface area (Å²) >= 11 is 0. The first-order chi connectivity index (χ1) is 13.0. The second kappa shape index (κ2) is 7.06. The van der Waals surface area contributed by atoms with E-state index in [0.29, 0.717) is 11.1 Å². The molecule has 1 N–H and O–H groups in total. The predicted octanol–water partition coefficient (Wildman–Crippen LogP) is 2.04. The zero-order valence-electron chi connectivity index (χ0n) is 16.2. The van der Waals surface area contributed by atoms with E-state index in [-0.39, 0.29) is 42.8 Å². The number of halogens is 3. The number of aromatic nitrogens is 4.